The van der Waals surface area contributed by atoms with Gasteiger partial charge in [0.25, 0.3) is 5.91 Å². The number of halogens is 2. The Morgan fingerprint density at radius 2 is 2.11 bits per heavy atom. The van der Waals surface area contributed by atoms with Crippen LogP contribution in [-0.4, -0.2) is 66.1 Å². The molecule has 1 aromatic heterocycles. The molecule has 0 radical (unpaired) electrons. The Kier molecular flexibility index (Phi) is 9.37. The number of rotatable bonds is 10. The fourth-order valence-corrected chi connectivity index (χ4v) is 10.3. The molecule has 2 saturated heterocycles. The first-order valence-corrected chi connectivity index (χ1v) is 19.4. The molecule has 2 fully saturated rings. The minimum atomic E-state index is -3.34. The van der Waals surface area contributed by atoms with E-state index in [9.17, 15) is 14.7 Å². The molecule has 10 nitrogen and oxygen atoms in total. The summed E-state index contributed by atoms with van der Waals surface area (Å²) in [4.78, 5) is 29.3. The fraction of sp³-hybridized carbons (Fsp3) is 0.515. The lowest BCUT2D eigenvalue weighted by Crippen LogP contribution is -2.45. The highest BCUT2D eigenvalue weighted by atomic mass is 35.5. The molecule has 2 aromatic carbocycles. The van der Waals surface area contributed by atoms with E-state index >= 15 is 4.11 Å². The number of aliphatic hydroxyl groups is 1. The van der Waals surface area contributed by atoms with E-state index in [0.29, 0.717) is 53.6 Å². The van der Waals surface area contributed by atoms with E-state index < -0.39 is 31.6 Å². The van der Waals surface area contributed by atoms with Gasteiger partial charge in [0.05, 0.1) is 29.9 Å². The summed E-state index contributed by atoms with van der Waals surface area (Å²) < 4.78 is 24.7. The van der Waals surface area contributed by atoms with Crippen LogP contribution in [-0.2, 0) is 39.4 Å². The summed E-state index contributed by atoms with van der Waals surface area (Å²) in [7, 11) is -3.34. The standard InChI is InChI=1S/C33H42ClFN6O4Si/c1-21-30(46(2,3)35)29(11-14-40-20-26(12-15-42)38-39-40)45-33(21)27-17-24(34)9-10-28(27)41(32(33)44)19-22-6-4-8-25(16-22)37-31(43)23-7-5-13-36-18-23/h4,6,8-10,16-17,20-21,23,29-30,36,42H,5,7,11-15,18-19H2,1-3H3,(H,37,43)/t21-,23?,29+,30-,33+/m1/s1. The third-order valence-electron chi connectivity index (χ3n) is 9.72. The lowest BCUT2D eigenvalue weighted by molar-refractivity contribution is -0.146. The lowest BCUT2D eigenvalue weighted by atomic mass is 9.82. The van der Waals surface area contributed by atoms with Crippen molar-refractivity contribution in [1.82, 2.24) is 20.3 Å². The number of anilines is 2. The number of carbonyl (C=O) groups is 2. The topological polar surface area (TPSA) is 122 Å². The minimum Gasteiger partial charge on any atom is -0.396 e. The molecule has 6 rings (SSSR count). The number of ether oxygens (including phenoxy) is 1. The molecule has 5 atom stereocenters. The number of amides is 2. The van der Waals surface area contributed by atoms with E-state index in [4.69, 9.17) is 16.3 Å². The van der Waals surface area contributed by atoms with Crippen LogP contribution < -0.4 is 15.5 Å². The summed E-state index contributed by atoms with van der Waals surface area (Å²) in [5.41, 5.74) is 1.69. The van der Waals surface area contributed by atoms with Crippen LogP contribution in [0.15, 0.2) is 48.7 Å². The van der Waals surface area contributed by atoms with Crippen LogP contribution in [0.5, 0.6) is 0 Å². The normalized spacial score (nSPS) is 26.1. The maximum Gasteiger partial charge on any atom is 0.264 e. The van der Waals surface area contributed by atoms with E-state index in [1.807, 2.05) is 37.3 Å². The van der Waals surface area contributed by atoms with E-state index in [0.717, 1.165) is 24.9 Å². The number of hydrogen-bond acceptors (Lipinski definition) is 7. The van der Waals surface area contributed by atoms with Crippen molar-refractivity contribution >= 4 is 43.2 Å². The van der Waals surface area contributed by atoms with Gasteiger partial charge in [-0.15, -0.1) is 5.10 Å². The second-order valence-corrected chi connectivity index (χ2v) is 17.5. The predicted molar refractivity (Wildman–Crippen MR) is 177 cm³/mol. The first kappa shape index (κ1) is 32.8. The third kappa shape index (κ3) is 6.25. The van der Waals surface area contributed by atoms with Gasteiger partial charge >= 0.3 is 0 Å². The number of nitrogens with one attached hydrogen (secondary N) is 2. The zero-order valence-corrected chi connectivity index (χ0v) is 28.3. The number of aromatic nitrogens is 3. The van der Waals surface area contributed by atoms with Crippen LogP contribution in [0.2, 0.25) is 23.7 Å². The summed E-state index contributed by atoms with van der Waals surface area (Å²) >= 11 is 6.52. The Morgan fingerprint density at radius 1 is 1.28 bits per heavy atom. The molecule has 3 N–H and O–H groups in total. The number of piperidine rings is 1. The second-order valence-electron chi connectivity index (χ2n) is 13.3. The van der Waals surface area contributed by atoms with E-state index in [2.05, 4.69) is 20.9 Å². The monoisotopic (exact) mass is 668 g/mol. The molecule has 246 valence electrons. The maximum atomic E-state index is 16.2. The number of carbonyl (C=O) groups excluding carboxylic acids is 2. The SMILES string of the molecule is C[C@@H]1[C@@H]([Si](C)(C)F)[C@H](CCn2cc(CCO)nn2)O[C@@]12C(=O)N(Cc1cccc(NC(=O)C3CCCNC3)c1)c1ccc(Cl)cc12. The van der Waals surface area contributed by atoms with Crippen molar-refractivity contribution in [3.63, 3.8) is 0 Å². The predicted octanol–water partition coefficient (Wildman–Crippen LogP) is 4.82. The summed E-state index contributed by atoms with van der Waals surface area (Å²) in [6.45, 7) is 7.54. The van der Waals surface area contributed by atoms with Crippen LogP contribution in [0.25, 0.3) is 0 Å². The highest BCUT2D eigenvalue weighted by molar-refractivity contribution is 6.72. The van der Waals surface area contributed by atoms with Crippen LogP contribution in [0.4, 0.5) is 15.5 Å². The molecule has 46 heavy (non-hydrogen) atoms. The first-order chi connectivity index (χ1) is 22.0. The number of aryl methyl sites for hydroxylation is 1. The Bertz CT molecular complexity index is 1590. The van der Waals surface area contributed by atoms with E-state index in [-0.39, 0.29) is 30.9 Å². The molecule has 13 heteroatoms. The second kappa shape index (κ2) is 13.2. The van der Waals surface area contributed by atoms with Gasteiger partial charge in [-0.3, -0.25) is 14.3 Å². The average molecular weight is 669 g/mol. The quantitative estimate of drug-likeness (QED) is 0.209. The summed E-state index contributed by atoms with van der Waals surface area (Å²) in [5, 5.41) is 24.3. The number of aliphatic hydroxyl groups excluding tert-OH is 1. The summed E-state index contributed by atoms with van der Waals surface area (Å²) in [5.74, 6) is -0.781. The van der Waals surface area contributed by atoms with Gasteiger partial charge in [0, 0.05) is 60.0 Å². The number of nitrogens with zero attached hydrogens (tertiary/aromatic N) is 4. The molecule has 3 aliphatic heterocycles. The molecule has 2 amide bonds. The van der Waals surface area contributed by atoms with Gasteiger partial charge in [-0.2, -0.15) is 0 Å². The molecule has 4 heterocycles. The zero-order chi connectivity index (χ0) is 32.6. The first-order valence-electron chi connectivity index (χ1n) is 16.1. The smallest absolute Gasteiger partial charge is 0.264 e. The third-order valence-corrected chi connectivity index (χ3v) is 12.4. The van der Waals surface area contributed by atoms with Gasteiger partial charge in [0.15, 0.2) is 5.60 Å². The maximum absolute atomic E-state index is 16.2. The summed E-state index contributed by atoms with van der Waals surface area (Å²) in [6, 6.07) is 12.9. The molecule has 3 aliphatic rings. The van der Waals surface area contributed by atoms with Gasteiger partial charge in [-0.05, 0) is 74.8 Å². The zero-order valence-electron chi connectivity index (χ0n) is 26.5. The largest absolute Gasteiger partial charge is 0.396 e. The molecular weight excluding hydrogens is 627 g/mol. The van der Waals surface area contributed by atoms with Gasteiger partial charge in [-0.25, -0.2) is 0 Å². The molecule has 1 spiro atoms. The molecule has 0 bridgehead atoms. The molecular formula is C33H42ClFN6O4Si. The number of benzene rings is 2. The number of hydrogen-bond donors (Lipinski definition) is 3. The van der Waals surface area contributed by atoms with Crippen molar-refractivity contribution in [1.29, 1.82) is 0 Å². The van der Waals surface area contributed by atoms with E-state index in [1.54, 1.807) is 41.0 Å². The average Bonchev–Trinajstić information content (AvgIpc) is 3.67. The Hall–Kier alpha value is -3.16. The van der Waals surface area contributed by atoms with Crippen LogP contribution >= 0.6 is 11.6 Å². The number of fused-ring (bicyclic) bond motifs is 2. The Labute approximate surface area is 274 Å². The molecule has 0 aliphatic carbocycles. The van der Waals surface area contributed by atoms with Crippen molar-refractivity contribution < 1.29 is 23.5 Å². The molecule has 3 aromatic rings. The van der Waals surface area contributed by atoms with E-state index in [1.165, 1.54) is 0 Å². The van der Waals surface area contributed by atoms with Crippen molar-refractivity contribution in [2.45, 2.75) is 76.0 Å². The molecule has 0 saturated carbocycles. The van der Waals surface area contributed by atoms with Gasteiger partial charge in [0.1, 0.15) is 0 Å². The van der Waals surface area contributed by atoms with Crippen LogP contribution in [0, 0.1) is 11.8 Å². The lowest BCUT2D eigenvalue weighted by Gasteiger charge is -2.31. The van der Waals surface area contributed by atoms with Crippen molar-refractivity contribution in [2.24, 2.45) is 11.8 Å². The Balaban J connectivity index is 1.27. The summed E-state index contributed by atoms with van der Waals surface area (Å²) in [6.07, 6.45) is 3.91. The van der Waals surface area contributed by atoms with Gasteiger partial charge in [-0.1, -0.05) is 35.9 Å². The van der Waals surface area contributed by atoms with Gasteiger partial charge < -0.3 is 29.5 Å². The van der Waals surface area contributed by atoms with Crippen LogP contribution in [0.3, 0.4) is 0 Å². The highest BCUT2D eigenvalue weighted by Crippen LogP contribution is 2.60. The highest BCUT2D eigenvalue weighted by Gasteiger charge is 2.66. The van der Waals surface area contributed by atoms with Crippen molar-refractivity contribution in [2.75, 3.05) is 29.9 Å². The Morgan fingerprint density at radius 3 is 2.85 bits per heavy atom. The molecule has 1 unspecified atom stereocenters. The fourth-order valence-electron chi connectivity index (χ4n) is 7.63. The minimum absolute atomic E-state index is 0.0145. The van der Waals surface area contributed by atoms with Crippen LogP contribution in [0.1, 0.15) is 43.0 Å². The van der Waals surface area contributed by atoms with Gasteiger partial charge in [0.2, 0.25) is 14.3 Å². The van der Waals surface area contributed by atoms with Crippen molar-refractivity contribution in [3.05, 3.63) is 70.5 Å². The van der Waals surface area contributed by atoms with Crippen molar-refractivity contribution in [3.8, 4) is 0 Å².